The second-order valence-corrected chi connectivity index (χ2v) is 17.6. The van der Waals surface area contributed by atoms with Gasteiger partial charge < -0.3 is 27.9 Å². The summed E-state index contributed by atoms with van der Waals surface area (Å²) >= 11 is 0. The molecule has 0 radical (unpaired) electrons. The molecule has 0 aliphatic carbocycles. The Morgan fingerprint density at radius 1 is 0.588 bits per heavy atom. The molecule has 0 aromatic carbocycles. The fraction of sp³-hybridized carbons (Fsp3) is 0.951. The van der Waals surface area contributed by atoms with Crippen molar-refractivity contribution in [1.82, 2.24) is 0 Å². The highest BCUT2D eigenvalue weighted by Gasteiger charge is 2.21. The number of carbonyl (C=O) groups is 2. The molecule has 0 N–H and O–H groups in total. The van der Waals surface area contributed by atoms with Crippen LogP contribution in [0.4, 0.5) is 0 Å². The molecule has 0 aromatic rings. The lowest BCUT2D eigenvalue weighted by atomic mass is 10.0. The number of carbonyl (C=O) groups excluding carboxylic acids is 2. The quantitative estimate of drug-likeness (QED) is 0.0266. The first kappa shape index (κ1) is 50.0. The number of unbranched alkanes of at least 4 members (excludes halogenated alkanes) is 22. The Morgan fingerprint density at radius 3 is 1.43 bits per heavy atom. The first-order chi connectivity index (χ1) is 24.3. The molecule has 0 saturated heterocycles. The summed E-state index contributed by atoms with van der Waals surface area (Å²) in [4.78, 5) is 37.4. The Balaban J connectivity index is 4.35. The Kier molecular flexibility index (Phi) is 32.9. The zero-order valence-corrected chi connectivity index (χ0v) is 35.1. The lowest BCUT2D eigenvalue weighted by molar-refractivity contribution is -0.870. The maximum Gasteiger partial charge on any atom is 0.306 e. The highest BCUT2D eigenvalue weighted by molar-refractivity contribution is 7.45. The van der Waals surface area contributed by atoms with E-state index in [1.54, 1.807) is 0 Å². The summed E-state index contributed by atoms with van der Waals surface area (Å²) in [6.45, 7) is 6.57. The standard InChI is InChI=1S/C41H82NO8P/c1-7-8-9-10-11-12-13-14-17-21-24-27-30-33-41(44)50-39(37-49-51(45,46)48-35-34-42(4,5)6)36-47-40(43)32-29-26-23-20-18-15-16-19-22-25-28-31-38(2)3/h38-39H,7-37H2,1-6H3/t39-/m1/s1. The number of rotatable bonds is 38. The molecule has 304 valence electrons. The van der Waals surface area contributed by atoms with E-state index in [9.17, 15) is 19.0 Å². The van der Waals surface area contributed by atoms with Gasteiger partial charge >= 0.3 is 11.9 Å². The van der Waals surface area contributed by atoms with E-state index in [2.05, 4.69) is 20.8 Å². The highest BCUT2D eigenvalue weighted by Crippen LogP contribution is 2.38. The van der Waals surface area contributed by atoms with Crippen molar-refractivity contribution in [2.75, 3.05) is 47.5 Å². The predicted octanol–water partition coefficient (Wildman–Crippen LogP) is 10.9. The van der Waals surface area contributed by atoms with Crippen LogP contribution in [0.15, 0.2) is 0 Å². The third kappa shape index (κ3) is 38.5. The van der Waals surface area contributed by atoms with Gasteiger partial charge in [-0.1, -0.05) is 168 Å². The monoisotopic (exact) mass is 748 g/mol. The molecule has 0 aromatic heterocycles. The van der Waals surface area contributed by atoms with Crippen LogP contribution >= 0.6 is 7.82 Å². The molecule has 0 saturated carbocycles. The second kappa shape index (κ2) is 33.6. The zero-order valence-electron chi connectivity index (χ0n) is 34.2. The number of phosphoric acid groups is 1. The molecule has 0 amide bonds. The van der Waals surface area contributed by atoms with Gasteiger partial charge in [0.2, 0.25) is 0 Å². The van der Waals surface area contributed by atoms with Crippen LogP contribution < -0.4 is 4.89 Å². The summed E-state index contributed by atoms with van der Waals surface area (Å²) in [6, 6.07) is 0. The number of nitrogens with zero attached hydrogens (tertiary/aromatic N) is 1. The van der Waals surface area contributed by atoms with E-state index in [0.717, 1.165) is 38.0 Å². The summed E-state index contributed by atoms with van der Waals surface area (Å²) in [6.07, 6.45) is 29.8. The molecule has 9 nitrogen and oxygen atoms in total. The molecule has 0 aliphatic heterocycles. The third-order valence-corrected chi connectivity index (χ3v) is 10.3. The molecule has 0 spiro atoms. The molecule has 10 heteroatoms. The lowest BCUT2D eigenvalue weighted by Crippen LogP contribution is -2.37. The lowest BCUT2D eigenvalue weighted by Gasteiger charge is -2.28. The normalized spacial score (nSPS) is 13.7. The van der Waals surface area contributed by atoms with Gasteiger partial charge in [-0.3, -0.25) is 14.2 Å². The largest absolute Gasteiger partial charge is 0.756 e. The van der Waals surface area contributed by atoms with Crippen molar-refractivity contribution >= 4 is 19.8 Å². The fourth-order valence-corrected chi connectivity index (χ4v) is 6.69. The number of likely N-dealkylation sites (N-methyl/N-ethyl adjacent to an activating group) is 1. The molecule has 0 fully saturated rings. The molecule has 0 heterocycles. The summed E-state index contributed by atoms with van der Waals surface area (Å²) in [5.41, 5.74) is 0. The van der Waals surface area contributed by atoms with Gasteiger partial charge in [0.15, 0.2) is 6.10 Å². The first-order valence-electron chi connectivity index (χ1n) is 21.1. The maximum atomic E-state index is 12.6. The number of hydrogen-bond acceptors (Lipinski definition) is 8. The average Bonchev–Trinajstić information content (AvgIpc) is 3.05. The van der Waals surface area contributed by atoms with Crippen molar-refractivity contribution in [1.29, 1.82) is 0 Å². The van der Waals surface area contributed by atoms with Crippen molar-refractivity contribution in [3.8, 4) is 0 Å². The summed E-state index contributed by atoms with van der Waals surface area (Å²) in [5.74, 6) is -0.0126. The zero-order chi connectivity index (χ0) is 38.1. The van der Waals surface area contributed by atoms with Crippen molar-refractivity contribution in [3.05, 3.63) is 0 Å². The second-order valence-electron chi connectivity index (χ2n) is 16.2. The molecular formula is C41H82NO8P. The SMILES string of the molecule is CCCCCCCCCCCCCCCC(=O)O[C@H](COC(=O)CCCCCCCCCCCCCC(C)C)COP(=O)([O-])OCC[N+](C)(C)C. The minimum absolute atomic E-state index is 0.0265. The number of hydrogen-bond donors (Lipinski definition) is 0. The van der Waals surface area contributed by atoms with Gasteiger partial charge in [0.05, 0.1) is 27.7 Å². The van der Waals surface area contributed by atoms with E-state index in [-0.39, 0.29) is 32.0 Å². The minimum atomic E-state index is -4.61. The Bertz CT molecular complexity index is 863. The van der Waals surface area contributed by atoms with Gasteiger partial charge in [-0.05, 0) is 18.8 Å². The summed E-state index contributed by atoms with van der Waals surface area (Å²) in [5, 5.41) is 0. The summed E-state index contributed by atoms with van der Waals surface area (Å²) in [7, 11) is 1.18. The van der Waals surface area contributed by atoms with Crippen molar-refractivity contribution in [3.63, 3.8) is 0 Å². The fourth-order valence-electron chi connectivity index (χ4n) is 5.96. The van der Waals surface area contributed by atoms with Crippen LogP contribution in [0.5, 0.6) is 0 Å². The summed E-state index contributed by atoms with van der Waals surface area (Å²) < 4.78 is 33.8. The van der Waals surface area contributed by atoms with E-state index in [4.69, 9.17) is 18.5 Å². The van der Waals surface area contributed by atoms with Gasteiger partial charge in [-0.15, -0.1) is 0 Å². The molecule has 0 rings (SSSR count). The molecular weight excluding hydrogens is 665 g/mol. The number of phosphoric ester groups is 1. The Labute approximate surface area is 314 Å². The van der Waals surface area contributed by atoms with E-state index in [1.165, 1.54) is 122 Å². The maximum absolute atomic E-state index is 12.6. The van der Waals surface area contributed by atoms with Crippen LogP contribution in [0.1, 0.15) is 194 Å². The molecule has 51 heavy (non-hydrogen) atoms. The number of ether oxygens (including phenoxy) is 2. The molecule has 2 atom stereocenters. The van der Waals surface area contributed by atoms with E-state index in [0.29, 0.717) is 17.4 Å². The van der Waals surface area contributed by atoms with Gasteiger partial charge in [-0.25, -0.2) is 0 Å². The number of esters is 2. The van der Waals surface area contributed by atoms with Gasteiger partial charge in [0, 0.05) is 12.8 Å². The van der Waals surface area contributed by atoms with Crippen LogP contribution in [0, 0.1) is 5.92 Å². The third-order valence-electron chi connectivity index (χ3n) is 9.31. The predicted molar refractivity (Wildman–Crippen MR) is 208 cm³/mol. The molecule has 1 unspecified atom stereocenters. The van der Waals surface area contributed by atoms with Crippen LogP contribution in [0.2, 0.25) is 0 Å². The van der Waals surface area contributed by atoms with E-state index < -0.39 is 26.5 Å². The molecule has 0 aliphatic rings. The average molecular weight is 748 g/mol. The van der Waals surface area contributed by atoms with Gasteiger partial charge in [0.25, 0.3) is 7.82 Å². The van der Waals surface area contributed by atoms with Crippen LogP contribution in [-0.2, 0) is 32.7 Å². The van der Waals surface area contributed by atoms with Crippen molar-refractivity contribution in [2.24, 2.45) is 5.92 Å². The van der Waals surface area contributed by atoms with Crippen molar-refractivity contribution in [2.45, 2.75) is 200 Å². The van der Waals surface area contributed by atoms with Crippen LogP contribution in [0.25, 0.3) is 0 Å². The van der Waals surface area contributed by atoms with E-state index in [1.807, 2.05) is 21.1 Å². The van der Waals surface area contributed by atoms with Crippen LogP contribution in [0.3, 0.4) is 0 Å². The number of quaternary nitrogens is 1. The Morgan fingerprint density at radius 2 is 1.00 bits per heavy atom. The van der Waals surface area contributed by atoms with Gasteiger partial charge in [0.1, 0.15) is 19.8 Å². The highest BCUT2D eigenvalue weighted by atomic mass is 31.2. The Hall–Kier alpha value is -0.990. The van der Waals surface area contributed by atoms with Gasteiger partial charge in [-0.2, -0.15) is 0 Å². The first-order valence-corrected chi connectivity index (χ1v) is 22.6. The molecule has 0 bridgehead atoms. The minimum Gasteiger partial charge on any atom is -0.756 e. The van der Waals surface area contributed by atoms with E-state index >= 15 is 0 Å². The van der Waals surface area contributed by atoms with Crippen LogP contribution in [-0.4, -0.2) is 70.0 Å². The van der Waals surface area contributed by atoms with Crippen molar-refractivity contribution < 1.29 is 42.1 Å². The smallest absolute Gasteiger partial charge is 0.306 e. The topological polar surface area (TPSA) is 111 Å².